The van der Waals surface area contributed by atoms with Crippen LogP contribution in [0.1, 0.15) is 12.0 Å². The van der Waals surface area contributed by atoms with E-state index in [9.17, 15) is 0 Å². The number of hydrogen-bond acceptors (Lipinski definition) is 5. The molecule has 0 saturated carbocycles. The van der Waals surface area contributed by atoms with E-state index in [-0.39, 0.29) is 0 Å². The van der Waals surface area contributed by atoms with Crippen molar-refractivity contribution in [3.05, 3.63) is 65.3 Å². The second kappa shape index (κ2) is 8.32. The molecule has 0 amide bonds. The molecular formula is C20H18ClN5. The molecule has 0 aliphatic rings. The lowest BCUT2D eigenvalue weighted by atomic mass is 10.2. The molecule has 0 bridgehead atoms. The normalized spacial score (nSPS) is 10.8. The molecule has 0 aliphatic heterocycles. The summed E-state index contributed by atoms with van der Waals surface area (Å²) in [6.45, 7) is 0.713. The van der Waals surface area contributed by atoms with Crippen molar-refractivity contribution >= 4 is 40.1 Å². The molecule has 0 aliphatic carbocycles. The summed E-state index contributed by atoms with van der Waals surface area (Å²) in [5, 5.41) is 14.6. The Balaban J connectivity index is 1.68. The number of fused-ring (bicyclic) bond motifs is 1. The number of pyridine rings is 1. The molecule has 0 fully saturated rings. The number of benzene rings is 2. The summed E-state index contributed by atoms with van der Waals surface area (Å²) in [5.74, 6) is 0. The largest absolute Gasteiger partial charge is 0.374 e. The van der Waals surface area contributed by atoms with Crippen molar-refractivity contribution in [3.8, 4) is 6.07 Å². The van der Waals surface area contributed by atoms with Crippen LogP contribution in [0.15, 0.2) is 59.8 Å². The van der Waals surface area contributed by atoms with Crippen molar-refractivity contribution in [2.45, 2.75) is 6.42 Å². The topological polar surface area (TPSA) is 64.3 Å². The lowest BCUT2D eigenvalue weighted by Crippen LogP contribution is -2.17. The van der Waals surface area contributed by atoms with E-state index in [4.69, 9.17) is 16.9 Å². The minimum Gasteiger partial charge on any atom is -0.374 e. The van der Waals surface area contributed by atoms with Gasteiger partial charge < -0.3 is 4.90 Å². The van der Waals surface area contributed by atoms with Gasteiger partial charge in [0.25, 0.3) is 0 Å². The van der Waals surface area contributed by atoms with Gasteiger partial charge in [-0.1, -0.05) is 23.7 Å². The fourth-order valence-electron chi connectivity index (χ4n) is 2.56. The zero-order valence-corrected chi connectivity index (χ0v) is 15.1. The average Bonchev–Trinajstić information content (AvgIpc) is 2.66. The summed E-state index contributed by atoms with van der Waals surface area (Å²) < 4.78 is 0. The lowest BCUT2D eigenvalue weighted by Gasteiger charge is -2.17. The Bertz CT molecular complexity index is 960. The fraction of sp³-hybridized carbons (Fsp3) is 0.150. The van der Waals surface area contributed by atoms with Gasteiger partial charge in [-0.15, -0.1) is 0 Å². The van der Waals surface area contributed by atoms with E-state index < -0.39 is 0 Å². The molecule has 0 saturated heterocycles. The van der Waals surface area contributed by atoms with E-state index in [0.29, 0.717) is 18.0 Å². The van der Waals surface area contributed by atoms with Gasteiger partial charge >= 0.3 is 0 Å². The average molecular weight is 364 g/mol. The highest BCUT2D eigenvalue weighted by Gasteiger charge is 2.02. The van der Waals surface area contributed by atoms with Crippen molar-refractivity contribution in [2.24, 2.45) is 5.10 Å². The number of aromatic nitrogens is 1. The summed E-state index contributed by atoms with van der Waals surface area (Å²) in [6, 6.07) is 17.6. The molecule has 0 spiro atoms. The zero-order valence-electron chi connectivity index (χ0n) is 14.4. The summed E-state index contributed by atoms with van der Waals surface area (Å²) in [4.78, 5) is 6.37. The van der Waals surface area contributed by atoms with Crippen LogP contribution in [-0.2, 0) is 0 Å². The molecule has 130 valence electrons. The van der Waals surface area contributed by atoms with Crippen LogP contribution >= 0.6 is 11.6 Å². The smallest absolute Gasteiger partial charge is 0.0738 e. The Labute approximate surface area is 157 Å². The van der Waals surface area contributed by atoms with Gasteiger partial charge in [0.15, 0.2) is 0 Å². The van der Waals surface area contributed by atoms with E-state index in [0.717, 1.165) is 27.8 Å². The predicted octanol–water partition coefficient (Wildman–Crippen LogP) is 4.68. The molecule has 3 aromatic rings. The Morgan fingerprint density at radius 2 is 2.04 bits per heavy atom. The Hall–Kier alpha value is -3.10. The van der Waals surface area contributed by atoms with Crippen LogP contribution < -0.4 is 10.3 Å². The van der Waals surface area contributed by atoms with Gasteiger partial charge in [0.05, 0.1) is 29.9 Å². The van der Waals surface area contributed by atoms with E-state index >= 15 is 0 Å². The second-order valence-corrected chi connectivity index (χ2v) is 6.25. The first-order valence-electron chi connectivity index (χ1n) is 8.19. The SMILES string of the molecule is CN(CCC#N)c1ccc(C=NNc2ccnc3cc(Cl)ccc23)cc1. The van der Waals surface area contributed by atoms with Crippen molar-refractivity contribution in [1.29, 1.82) is 5.26 Å². The Morgan fingerprint density at radius 3 is 2.81 bits per heavy atom. The number of anilines is 2. The van der Waals surface area contributed by atoms with Gasteiger partial charge in [0.1, 0.15) is 0 Å². The molecule has 6 heteroatoms. The highest BCUT2D eigenvalue weighted by Crippen LogP contribution is 2.24. The first-order valence-corrected chi connectivity index (χ1v) is 8.56. The van der Waals surface area contributed by atoms with E-state index in [1.54, 1.807) is 12.4 Å². The quantitative estimate of drug-likeness (QED) is 0.510. The summed E-state index contributed by atoms with van der Waals surface area (Å²) >= 11 is 6.01. The number of nitrogens with one attached hydrogen (secondary N) is 1. The van der Waals surface area contributed by atoms with Gasteiger partial charge in [0.2, 0.25) is 0 Å². The number of rotatable bonds is 6. The van der Waals surface area contributed by atoms with Gasteiger partial charge in [-0.2, -0.15) is 10.4 Å². The molecule has 1 heterocycles. The third-order valence-corrected chi connectivity index (χ3v) is 4.23. The first-order chi connectivity index (χ1) is 12.7. The fourth-order valence-corrected chi connectivity index (χ4v) is 2.72. The lowest BCUT2D eigenvalue weighted by molar-refractivity contribution is 0.905. The highest BCUT2D eigenvalue weighted by molar-refractivity contribution is 6.31. The van der Waals surface area contributed by atoms with Gasteiger partial charge in [-0.05, 0) is 42.0 Å². The van der Waals surface area contributed by atoms with Crippen LogP contribution in [0.5, 0.6) is 0 Å². The van der Waals surface area contributed by atoms with Crippen LogP contribution in [0.25, 0.3) is 10.9 Å². The van der Waals surface area contributed by atoms with Crippen LogP contribution in [-0.4, -0.2) is 24.8 Å². The van der Waals surface area contributed by atoms with Crippen molar-refractivity contribution in [1.82, 2.24) is 4.98 Å². The maximum absolute atomic E-state index is 8.67. The van der Waals surface area contributed by atoms with Crippen molar-refractivity contribution in [3.63, 3.8) is 0 Å². The number of halogens is 1. The third-order valence-electron chi connectivity index (χ3n) is 4.00. The first kappa shape index (κ1) is 17.7. The second-order valence-electron chi connectivity index (χ2n) is 5.81. The monoisotopic (exact) mass is 363 g/mol. The van der Waals surface area contributed by atoms with E-state index in [2.05, 4.69) is 26.5 Å². The standard InChI is InChI=1S/C20H18ClN5/c1-26(12-2-10-22)17-6-3-15(4-7-17)14-24-25-19-9-11-23-20-13-16(21)5-8-18(19)20/h3-9,11,13-14H,2,12H2,1H3,(H,23,25). The third kappa shape index (κ3) is 4.29. The van der Waals surface area contributed by atoms with Gasteiger partial charge in [-0.25, -0.2) is 0 Å². The number of hydrazone groups is 1. The molecule has 26 heavy (non-hydrogen) atoms. The molecule has 1 aromatic heterocycles. The minimum atomic E-state index is 0.509. The van der Waals surface area contributed by atoms with Crippen molar-refractivity contribution in [2.75, 3.05) is 23.9 Å². The number of nitrogens with zero attached hydrogens (tertiary/aromatic N) is 4. The Morgan fingerprint density at radius 1 is 1.23 bits per heavy atom. The molecule has 2 aromatic carbocycles. The maximum Gasteiger partial charge on any atom is 0.0738 e. The predicted molar refractivity (Wildman–Crippen MR) is 108 cm³/mol. The number of nitriles is 1. The Kier molecular flexibility index (Phi) is 5.67. The highest BCUT2D eigenvalue weighted by atomic mass is 35.5. The van der Waals surface area contributed by atoms with Crippen LogP contribution in [0.3, 0.4) is 0 Å². The molecular weight excluding hydrogens is 346 g/mol. The van der Waals surface area contributed by atoms with Gasteiger partial charge in [0, 0.05) is 35.9 Å². The molecule has 3 rings (SSSR count). The summed E-state index contributed by atoms with van der Waals surface area (Å²) in [5.41, 5.74) is 6.81. The summed E-state index contributed by atoms with van der Waals surface area (Å²) in [7, 11) is 1.97. The van der Waals surface area contributed by atoms with E-state index in [1.807, 2.05) is 55.6 Å². The molecule has 0 atom stereocenters. The number of hydrogen-bond donors (Lipinski definition) is 1. The van der Waals surface area contributed by atoms with Crippen molar-refractivity contribution < 1.29 is 0 Å². The minimum absolute atomic E-state index is 0.509. The molecule has 0 radical (unpaired) electrons. The molecule has 0 unspecified atom stereocenters. The summed E-state index contributed by atoms with van der Waals surface area (Å²) in [6.07, 6.45) is 4.00. The van der Waals surface area contributed by atoms with Crippen LogP contribution in [0.4, 0.5) is 11.4 Å². The van der Waals surface area contributed by atoms with E-state index in [1.165, 1.54) is 0 Å². The zero-order chi connectivity index (χ0) is 18.4. The maximum atomic E-state index is 8.67. The van der Waals surface area contributed by atoms with Gasteiger partial charge in [-0.3, -0.25) is 10.4 Å². The van der Waals surface area contributed by atoms with Crippen LogP contribution in [0.2, 0.25) is 5.02 Å². The molecule has 1 N–H and O–H groups in total. The molecule has 5 nitrogen and oxygen atoms in total. The van der Waals surface area contributed by atoms with Crippen LogP contribution in [0, 0.1) is 11.3 Å².